The normalized spacial score (nSPS) is 12.5. The maximum Gasteiger partial charge on any atom is 0.255 e. The Hall–Kier alpha value is -3.71. The minimum atomic E-state index is -0.483. The van der Waals surface area contributed by atoms with Crippen molar-refractivity contribution < 1.29 is 18.7 Å². The summed E-state index contributed by atoms with van der Waals surface area (Å²) in [4.78, 5) is 25.1. The maximum atomic E-state index is 13.1. The minimum absolute atomic E-state index is 0.127. The molecule has 0 aromatic heterocycles. The lowest BCUT2D eigenvalue weighted by molar-refractivity contribution is -0.117. The van der Waals surface area contributed by atoms with E-state index in [1.54, 1.807) is 62.6 Å². The van der Waals surface area contributed by atoms with Crippen molar-refractivity contribution in [2.24, 2.45) is 0 Å². The van der Waals surface area contributed by atoms with Crippen molar-refractivity contribution in [2.45, 2.75) is 25.9 Å². The number of methoxy groups -OCH3 is 1. The Balaban J connectivity index is 1.56. The second-order valence-electron chi connectivity index (χ2n) is 7.38. The molecule has 0 radical (unpaired) electrons. The molecule has 0 saturated carbocycles. The molecule has 3 aromatic carbocycles. The van der Waals surface area contributed by atoms with Gasteiger partial charge in [-0.25, -0.2) is 4.39 Å². The molecular formula is C25H26FN3O3. The van der Waals surface area contributed by atoms with Crippen molar-refractivity contribution in [1.82, 2.24) is 5.32 Å². The summed E-state index contributed by atoms with van der Waals surface area (Å²) in [6.45, 7) is 3.66. The summed E-state index contributed by atoms with van der Waals surface area (Å²) in [6, 6.07) is 19.3. The van der Waals surface area contributed by atoms with Crippen LogP contribution in [0.25, 0.3) is 0 Å². The topological polar surface area (TPSA) is 79.5 Å². The van der Waals surface area contributed by atoms with Crippen molar-refractivity contribution in [1.29, 1.82) is 0 Å². The minimum Gasteiger partial charge on any atom is -0.495 e. The number of para-hydroxylation sites is 2. The third-order valence-corrected chi connectivity index (χ3v) is 5.03. The number of carbonyl (C=O) groups is 2. The summed E-state index contributed by atoms with van der Waals surface area (Å²) in [5.41, 5.74) is 2.49. The Kier molecular flexibility index (Phi) is 7.57. The Morgan fingerprint density at radius 3 is 2.19 bits per heavy atom. The molecule has 7 heteroatoms. The van der Waals surface area contributed by atoms with Crippen LogP contribution in [0.3, 0.4) is 0 Å². The third-order valence-electron chi connectivity index (χ3n) is 5.03. The van der Waals surface area contributed by atoms with E-state index in [1.165, 1.54) is 12.1 Å². The highest BCUT2D eigenvalue weighted by Crippen LogP contribution is 2.24. The van der Waals surface area contributed by atoms with Crippen LogP contribution in [0.1, 0.15) is 35.8 Å². The van der Waals surface area contributed by atoms with Gasteiger partial charge in [-0.3, -0.25) is 14.9 Å². The molecule has 0 saturated heterocycles. The Morgan fingerprint density at radius 1 is 0.875 bits per heavy atom. The van der Waals surface area contributed by atoms with Gasteiger partial charge in [-0.05, 0) is 67.9 Å². The quantitative estimate of drug-likeness (QED) is 0.476. The van der Waals surface area contributed by atoms with Gasteiger partial charge in [-0.15, -0.1) is 0 Å². The second kappa shape index (κ2) is 10.5. The van der Waals surface area contributed by atoms with Gasteiger partial charge >= 0.3 is 0 Å². The molecule has 6 nitrogen and oxygen atoms in total. The molecule has 0 aliphatic carbocycles. The van der Waals surface area contributed by atoms with Crippen molar-refractivity contribution in [3.05, 3.63) is 89.7 Å². The smallest absolute Gasteiger partial charge is 0.255 e. The molecule has 0 bridgehead atoms. The molecular weight excluding hydrogens is 409 g/mol. The molecule has 2 amide bonds. The standard InChI is InChI=1S/C25H26FN3O3/c1-16(18-8-12-20(26)13-9-18)27-17(2)24(30)28-21-14-10-19(11-15-21)25(31)29-22-6-4-5-7-23(22)32-3/h4-17,27H,1-3H3,(H,28,30)(H,29,31)/t16-,17-/m0/s1. The average Bonchev–Trinajstić information content (AvgIpc) is 2.80. The summed E-state index contributed by atoms with van der Waals surface area (Å²) in [5, 5.41) is 8.83. The molecule has 2 atom stereocenters. The van der Waals surface area contributed by atoms with Crippen LogP contribution >= 0.6 is 0 Å². The van der Waals surface area contributed by atoms with Gasteiger partial charge < -0.3 is 15.4 Å². The van der Waals surface area contributed by atoms with Crippen molar-refractivity contribution in [2.75, 3.05) is 17.7 Å². The van der Waals surface area contributed by atoms with Crippen LogP contribution in [0.5, 0.6) is 5.75 Å². The monoisotopic (exact) mass is 435 g/mol. The summed E-state index contributed by atoms with van der Waals surface area (Å²) >= 11 is 0. The fraction of sp³-hybridized carbons (Fsp3) is 0.200. The van der Waals surface area contributed by atoms with Gasteiger partial charge in [0.1, 0.15) is 11.6 Å². The summed E-state index contributed by atoms with van der Waals surface area (Å²) in [7, 11) is 1.54. The van der Waals surface area contributed by atoms with E-state index in [0.717, 1.165) is 5.56 Å². The third kappa shape index (κ3) is 5.92. The van der Waals surface area contributed by atoms with Crippen LogP contribution in [0.4, 0.5) is 15.8 Å². The first kappa shape index (κ1) is 23.0. The van der Waals surface area contributed by atoms with E-state index in [2.05, 4.69) is 16.0 Å². The lowest BCUT2D eigenvalue weighted by atomic mass is 10.1. The molecule has 0 aliphatic rings. The number of ether oxygens (including phenoxy) is 1. The zero-order valence-electron chi connectivity index (χ0n) is 18.2. The van der Waals surface area contributed by atoms with Crippen LogP contribution in [-0.4, -0.2) is 25.0 Å². The largest absolute Gasteiger partial charge is 0.495 e. The molecule has 0 heterocycles. The zero-order chi connectivity index (χ0) is 23.1. The van der Waals surface area contributed by atoms with Crippen LogP contribution < -0.4 is 20.7 Å². The Labute approximate surface area is 186 Å². The average molecular weight is 435 g/mol. The molecule has 3 rings (SSSR count). The van der Waals surface area contributed by atoms with Crippen LogP contribution in [0.2, 0.25) is 0 Å². The molecule has 3 N–H and O–H groups in total. The van der Waals surface area contributed by atoms with Gasteiger partial charge in [0.25, 0.3) is 5.91 Å². The fourth-order valence-corrected chi connectivity index (χ4v) is 3.20. The highest BCUT2D eigenvalue weighted by molar-refractivity contribution is 6.05. The number of nitrogens with one attached hydrogen (secondary N) is 3. The first-order valence-corrected chi connectivity index (χ1v) is 10.2. The Bertz CT molecular complexity index is 1070. The van der Waals surface area contributed by atoms with E-state index in [1.807, 2.05) is 19.1 Å². The van der Waals surface area contributed by atoms with E-state index in [0.29, 0.717) is 22.7 Å². The predicted octanol–water partition coefficient (Wildman–Crippen LogP) is 4.76. The van der Waals surface area contributed by atoms with E-state index < -0.39 is 6.04 Å². The van der Waals surface area contributed by atoms with Gasteiger partial charge in [0, 0.05) is 17.3 Å². The van der Waals surface area contributed by atoms with Gasteiger partial charge in [-0.1, -0.05) is 24.3 Å². The first-order valence-electron chi connectivity index (χ1n) is 10.2. The molecule has 3 aromatic rings. The molecule has 0 fully saturated rings. The number of anilines is 2. The van der Waals surface area contributed by atoms with Crippen LogP contribution in [0.15, 0.2) is 72.8 Å². The van der Waals surface area contributed by atoms with Crippen LogP contribution in [-0.2, 0) is 4.79 Å². The lowest BCUT2D eigenvalue weighted by Crippen LogP contribution is -2.39. The summed E-state index contributed by atoms with van der Waals surface area (Å²) in [5.74, 6) is -0.228. The number of hydrogen-bond donors (Lipinski definition) is 3. The first-order chi connectivity index (χ1) is 15.4. The highest BCUT2D eigenvalue weighted by Gasteiger charge is 2.17. The van der Waals surface area contributed by atoms with Gasteiger partial charge in [0.05, 0.1) is 18.8 Å². The zero-order valence-corrected chi connectivity index (χ0v) is 18.2. The number of hydrogen-bond acceptors (Lipinski definition) is 4. The van der Waals surface area contributed by atoms with E-state index in [9.17, 15) is 14.0 Å². The Morgan fingerprint density at radius 2 is 1.53 bits per heavy atom. The number of amides is 2. The molecule has 166 valence electrons. The summed E-state index contributed by atoms with van der Waals surface area (Å²) < 4.78 is 18.3. The fourth-order valence-electron chi connectivity index (χ4n) is 3.20. The van der Waals surface area contributed by atoms with Gasteiger partial charge in [-0.2, -0.15) is 0 Å². The van der Waals surface area contributed by atoms with Gasteiger partial charge in [0.15, 0.2) is 0 Å². The SMILES string of the molecule is COc1ccccc1NC(=O)c1ccc(NC(=O)[C@H](C)N[C@@H](C)c2ccc(F)cc2)cc1. The van der Waals surface area contributed by atoms with E-state index >= 15 is 0 Å². The highest BCUT2D eigenvalue weighted by atomic mass is 19.1. The van der Waals surface area contributed by atoms with Crippen molar-refractivity contribution in [3.8, 4) is 5.75 Å². The van der Waals surface area contributed by atoms with Crippen molar-refractivity contribution in [3.63, 3.8) is 0 Å². The maximum absolute atomic E-state index is 13.1. The van der Waals surface area contributed by atoms with Crippen molar-refractivity contribution >= 4 is 23.2 Å². The second-order valence-corrected chi connectivity index (χ2v) is 7.38. The number of rotatable bonds is 8. The van der Waals surface area contributed by atoms with E-state index in [4.69, 9.17) is 4.74 Å². The number of benzene rings is 3. The summed E-state index contributed by atoms with van der Waals surface area (Å²) in [6.07, 6.45) is 0. The lowest BCUT2D eigenvalue weighted by Gasteiger charge is -2.20. The molecule has 0 unspecified atom stereocenters. The van der Waals surface area contributed by atoms with Crippen LogP contribution in [0, 0.1) is 5.82 Å². The molecule has 0 spiro atoms. The predicted molar refractivity (Wildman–Crippen MR) is 123 cm³/mol. The molecule has 0 aliphatic heterocycles. The molecule has 32 heavy (non-hydrogen) atoms. The van der Waals surface area contributed by atoms with E-state index in [-0.39, 0.29) is 23.7 Å². The number of carbonyl (C=O) groups excluding carboxylic acids is 2. The van der Waals surface area contributed by atoms with Gasteiger partial charge in [0.2, 0.25) is 5.91 Å². The number of halogens is 1.